The van der Waals surface area contributed by atoms with Crippen molar-refractivity contribution in [2.45, 2.75) is 33.0 Å². The van der Waals surface area contributed by atoms with E-state index >= 15 is 0 Å². The van der Waals surface area contributed by atoms with Crippen LogP contribution in [0.4, 0.5) is 0 Å². The van der Waals surface area contributed by atoms with Crippen molar-refractivity contribution in [2.24, 2.45) is 0 Å². The highest BCUT2D eigenvalue weighted by atomic mass is 16.3. The Hall–Kier alpha value is -1.64. The summed E-state index contributed by atoms with van der Waals surface area (Å²) >= 11 is 0. The number of benzene rings is 2. The number of aliphatic hydroxyl groups excluding tert-OH is 2. The van der Waals surface area contributed by atoms with Crippen molar-refractivity contribution in [3.63, 3.8) is 0 Å². The second-order valence-corrected chi connectivity index (χ2v) is 5.08. The Labute approximate surface area is 114 Å². The van der Waals surface area contributed by atoms with Crippen molar-refractivity contribution in [3.05, 3.63) is 59.2 Å². The fraction of sp³-hybridized carbons (Fsp3) is 0.294. The van der Waals surface area contributed by atoms with Gasteiger partial charge in [0.2, 0.25) is 0 Å². The van der Waals surface area contributed by atoms with Crippen LogP contribution in [0.1, 0.15) is 36.5 Å². The topological polar surface area (TPSA) is 40.5 Å². The SMILES string of the molecule is CC(C)c1ccc(-c2ccc(CO)c(CO)c2)cc1. The first kappa shape index (κ1) is 13.8. The molecule has 100 valence electrons. The molecule has 0 bridgehead atoms. The molecule has 0 radical (unpaired) electrons. The van der Waals surface area contributed by atoms with E-state index in [9.17, 15) is 10.2 Å². The van der Waals surface area contributed by atoms with Gasteiger partial charge in [0.25, 0.3) is 0 Å². The Morgan fingerprint density at radius 3 is 1.89 bits per heavy atom. The Balaban J connectivity index is 2.36. The molecule has 0 spiro atoms. The first-order valence-electron chi connectivity index (χ1n) is 6.59. The monoisotopic (exact) mass is 256 g/mol. The van der Waals surface area contributed by atoms with E-state index < -0.39 is 0 Å². The molecular formula is C17H20O2. The van der Waals surface area contributed by atoms with Crippen LogP contribution in [-0.4, -0.2) is 10.2 Å². The third-order valence-electron chi connectivity index (χ3n) is 3.46. The Morgan fingerprint density at radius 1 is 0.789 bits per heavy atom. The first-order chi connectivity index (χ1) is 9.15. The van der Waals surface area contributed by atoms with Crippen LogP contribution in [0.2, 0.25) is 0 Å². The molecule has 0 atom stereocenters. The lowest BCUT2D eigenvalue weighted by Crippen LogP contribution is -1.94. The van der Waals surface area contributed by atoms with Gasteiger partial charge in [-0.25, -0.2) is 0 Å². The Morgan fingerprint density at radius 2 is 1.37 bits per heavy atom. The molecule has 2 rings (SSSR count). The summed E-state index contributed by atoms with van der Waals surface area (Å²) in [6, 6.07) is 14.3. The van der Waals surface area contributed by atoms with Crippen molar-refractivity contribution in [1.82, 2.24) is 0 Å². The lowest BCUT2D eigenvalue weighted by Gasteiger charge is -2.10. The van der Waals surface area contributed by atoms with E-state index in [1.54, 1.807) is 0 Å². The average Bonchev–Trinajstić information content (AvgIpc) is 2.46. The third-order valence-corrected chi connectivity index (χ3v) is 3.46. The van der Waals surface area contributed by atoms with Gasteiger partial charge in [-0.2, -0.15) is 0 Å². The summed E-state index contributed by atoms with van der Waals surface area (Å²) in [5.41, 5.74) is 5.08. The predicted octanol–water partition coefficient (Wildman–Crippen LogP) is 3.46. The Kier molecular flexibility index (Phi) is 4.35. The second-order valence-electron chi connectivity index (χ2n) is 5.08. The van der Waals surface area contributed by atoms with Gasteiger partial charge in [0.1, 0.15) is 0 Å². The molecule has 0 aliphatic carbocycles. The van der Waals surface area contributed by atoms with Gasteiger partial charge in [-0.1, -0.05) is 50.2 Å². The highest BCUT2D eigenvalue weighted by molar-refractivity contribution is 5.65. The van der Waals surface area contributed by atoms with Gasteiger partial charge in [0, 0.05) is 0 Å². The first-order valence-corrected chi connectivity index (χ1v) is 6.59. The van der Waals surface area contributed by atoms with Crippen molar-refractivity contribution < 1.29 is 10.2 Å². The van der Waals surface area contributed by atoms with E-state index in [4.69, 9.17) is 0 Å². The van der Waals surface area contributed by atoms with Gasteiger partial charge in [0.15, 0.2) is 0 Å². The van der Waals surface area contributed by atoms with Crippen LogP contribution in [0, 0.1) is 0 Å². The molecule has 0 heterocycles. The smallest absolute Gasteiger partial charge is 0.0685 e. The summed E-state index contributed by atoms with van der Waals surface area (Å²) in [6.45, 7) is 4.26. The van der Waals surface area contributed by atoms with Crippen LogP contribution in [0.3, 0.4) is 0 Å². The predicted molar refractivity (Wildman–Crippen MR) is 77.8 cm³/mol. The highest BCUT2D eigenvalue weighted by Crippen LogP contribution is 2.25. The molecule has 0 saturated heterocycles. The minimum Gasteiger partial charge on any atom is -0.392 e. The quantitative estimate of drug-likeness (QED) is 0.879. The molecule has 0 fully saturated rings. The van der Waals surface area contributed by atoms with E-state index in [-0.39, 0.29) is 13.2 Å². The van der Waals surface area contributed by atoms with Gasteiger partial charge in [-0.15, -0.1) is 0 Å². The molecule has 2 heteroatoms. The van der Waals surface area contributed by atoms with Crippen molar-refractivity contribution in [1.29, 1.82) is 0 Å². The van der Waals surface area contributed by atoms with Crippen LogP contribution in [0.25, 0.3) is 11.1 Å². The van der Waals surface area contributed by atoms with Gasteiger partial charge in [-0.05, 0) is 39.8 Å². The molecule has 2 aromatic carbocycles. The van der Waals surface area contributed by atoms with Gasteiger partial charge < -0.3 is 10.2 Å². The molecule has 0 aromatic heterocycles. The maximum atomic E-state index is 9.33. The van der Waals surface area contributed by atoms with E-state index in [0.717, 1.165) is 22.3 Å². The van der Waals surface area contributed by atoms with Gasteiger partial charge in [-0.3, -0.25) is 0 Å². The zero-order valence-electron chi connectivity index (χ0n) is 11.4. The fourth-order valence-corrected chi connectivity index (χ4v) is 2.17. The number of hydrogen-bond acceptors (Lipinski definition) is 2. The highest BCUT2D eigenvalue weighted by Gasteiger charge is 2.05. The van der Waals surface area contributed by atoms with Crippen LogP contribution >= 0.6 is 0 Å². The lowest BCUT2D eigenvalue weighted by atomic mass is 9.96. The maximum Gasteiger partial charge on any atom is 0.0685 e. The van der Waals surface area contributed by atoms with E-state index in [1.807, 2.05) is 18.2 Å². The molecule has 2 N–H and O–H groups in total. The standard InChI is InChI=1S/C17H20O2/c1-12(2)13-3-5-14(6-4-13)15-7-8-16(10-18)17(9-15)11-19/h3-9,12,18-19H,10-11H2,1-2H3. The van der Waals surface area contributed by atoms with Crippen molar-refractivity contribution in [3.8, 4) is 11.1 Å². The summed E-state index contributed by atoms with van der Waals surface area (Å²) < 4.78 is 0. The molecule has 2 aromatic rings. The van der Waals surface area contributed by atoms with Gasteiger partial charge in [0.05, 0.1) is 13.2 Å². The summed E-state index contributed by atoms with van der Waals surface area (Å²) in [7, 11) is 0. The lowest BCUT2D eigenvalue weighted by molar-refractivity contribution is 0.260. The maximum absolute atomic E-state index is 9.33. The zero-order chi connectivity index (χ0) is 13.8. The van der Waals surface area contributed by atoms with Crippen molar-refractivity contribution in [2.75, 3.05) is 0 Å². The van der Waals surface area contributed by atoms with Crippen LogP contribution in [0.15, 0.2) is 42.5 Å². The van der Waals surface area contributed by atoms with Gasteiger partial charge >= 0.3 is 0 Å². The van der Waals surface area contributed by atoms with Crippen LogP contribution < -0.4 is 0 Å². The molecule has 0 saturated carbocycles. The van der Waals surface area contributed by atoms with E-state index in [0.29, 0.717) is 5.92 Å². The minimum absolute atomic E-state index is 0.0392. The van der Waals surface area contributed by atoms with Crippen LogP contribution in [0.5, 0.6) is 0 Å². The van der Waals surface area contributed by atoms with Crippen LogP contribution in [-0.2, 0) is 13.2 Å². The molecule has 19 heavy (non-hydrogen) atoms. The summed E-state index contributed by atoms with van der Waals surface area (Å²) in [4.78, 5) is 0. The molecule has 2 nitrogen and oxygen atoms in total. The average molecular weight is 256 g/mol. The zero-order valence-corrected chi connectivity index (χ0v) is 11.4. The molecule has 0 aliphatic heterocycles. The normalized spacial score (nSPS) is 11.0. The van der Waals surface area contributed by atoms with Crippen molar-refractivity contribution >= 4 is 0 Å². The molecule has 0 aliphatic rings. The summed E-state index contributed by atoms with van der Waals surface area (Å²) in [5.74, 6) is 0.527. The summed E-state index contributed by atoms with van der Waals surface area (Å²) in [5, 5.41) is 18.5. The third kappa shape index (κ3) is 3.03. The molecule has 0 amide bonds. The second kappa shape index (κ2) is 6.00. The number of rotatable bonds is 4. The number of aliphatic hydroxyl groups is 2. The minimum atomic E-state index is -0.0478. The molecule has 0 unspecified atom stereocenters. The fourth-order valence-electron chi connectivity index (χ4n) is 2.17. The van der Waals surface area contributed by atoms with E-state index in [2.05, 4.69) is 38.1 Å². The number of hydrogen-bond donors (Lipinski definition) is 2. The largest absolute Gasteiger partial charge is 0.392 e. The van der Waals surface area contributed by atoms with E-state index in [1.165, 1.54) is 5.56 Å². The molecular weight excluding hydrogens is 236 g/mol. The summed E-state index contributed by atoms with van der Waals surface area (Å²) in [6.07, 6.45) is 0. The Bertz CT molecular complexity index is 542.